The molecule has 1 saturated heterocycles. The molecule has 1 aromatic carbocycles. The number of para-hydroxylation sites is 1. The van der Waals surface area contributed by atoms with E-state index in [4.69, 9.17) is 9.84 Å². The van der Waals surface area contributed by atoms with Crippen molar-refractivity contribution in [2.24, 2.45) is 0 Å². The Balaban J connectivity index is 1.51. The molecule has 156 valence electrons. The lowest BCUT2D eigenvalue weighted by Crippen LogP contribution is -2.46. The Labute approximate surface area is 162 Å². The topological polar surface area (TPSA) is 61.8 Å². The predicted octanol–water partition coefficient (Wildman–Crippen LogP) is 4.39. The summed E-state index contributed by atoms with van der Waals surface area (Å²) in [4.78, 5) is 13.2. The lowest BCUT2D eigenvalue weighted by Gasteiger charge is -2.41. The van der Waals surface area contributed by atoms with Gasteiger partial charge in [0.1, 0.15) is 5.75 Å². The minimum absolute atomic E-state index is 0.0453. The predicted molar refractivity (Wildman–Crippen MR) is 98.7 cm³/mol. The van der Waals surface area contributed by atoms with Crippen molar-refractivity contribution in [3.05, 3.63) is 29.8 Å². The largest absolute Gasteiger partial charge is 0.484 e. The number of halogens is 3. The highest BCUT2D eigenvalue weighted by molar-refractivity contribution is 5.64. The highest BCUT2D eigenvalue weighted by atomic mass is 19.4. The van der Waals surface area contributed by atoms with E-state index in [-0.39, 0.29) is 12.0 Å². The van der Waals surface area contributed by atoms with E-state index in [1.54, 1.807) is 12.1 Å². The van der Waals surface area contributed by atoms with Gasteiger partial charge in [0, 0.05) is 12.1 Å². The van der Waals surface area contributed by atoms with Gasteiger partial charge in [0.05, 0.1) is 0 Å². The fourth-order valence-corrected chi connectivity index (χ4v) is 4.44. The molecule has 1 aliphatic heterocycles. The molecule has 0 atom stereocenters. The number of hydrogen-bond acceptors (Lipinski definition) is 3. The Morgan fingerprint density at radius 1 is 1.11 bits per heavy atom. The van der Waals surface area contributed by atoms with Crippen LogP contribution in [0.15, 0.2) is 24.3 Å². The van der Waals surface area contributed by atoms with Gasteiger partial charge < -0.3 is 20.1 Å². The summed E-state index contributed by atoms with van der Waals surface area (Å²) in [5, 5.41) is 11.4. The SMILES string of the molecule is O=C(O)NC1CCC(N2CCC(c3ccccc3OCC(F)(F)F)CC2)CC1. The van der Waals surface area contributed by atoms with Crippen LogP contribution in [0.3, 0.4) is 0 Å². The van der Waals surface area contributed by atoms with Gasteiger partial charge in [-0.3, -0.25) is 0 Å². The summed E-state index contributed by atoms with van der Waals surface area (Å²) < 4.78 is 42.6. The number of nitrogens with one attached hydrogen (secondary N) is 1. The Morgan fingerprint density at radius 2 is 1.75 bits per heavy atom. The van der Waals surface area contributed by atoms with Crippen molar-refractivity contribution in [1.29, 1.82) is 0 Å². The van der Waals surface area contributed by atoms with Crippen LogP contribution in [0.2, 0.25) is 0 Å². The molecular formula is C20H27F3N2O3. The van der Waals surface area contributed by atoms with Crippen molar-refractivity contribution in [3.8, 4) is 5.75 Å². The van der Waals surface area contributed by atoms with Gasteiger partial charge in [-0.25, -0.2) is 4.79 Å². The monoisotopic (exact) mass is 400 g/mol. The summed E-state index contributed by atoms with van der Waals surface area (Å²) in [6.07, 6.45) is 0.123. The van der Waals surface area contributed by atoms with Gasteiger partial charge >= 0.3 is 12.3 Å². The Hall–Kier alpha value is -1.96. The second-order valence-electron chi connectivity index (χ2n) is 7.71. The smallest absolute Gasteiger partial charge is 0.422 e. The molecule has 1 aromatic rings. The Kier molecular flexibility index (Phi) is 6.69. The van der Waals surface area contributed by atoms with Crippen molar-refractivity contribution in [2.75, 3.05) is 19.7 Å². The van der Waals surface area contributed by atoms with E-state index in [9.17, 15) is 18.0 Å². The van der Waals surface area contributed by atoms with E-state index < -0.39 is 18.9 Å². The van der Waals surface area contributed by atoms with Gasteiger partial charge in [0.2, 0.25) is 0 Å². The molecule has 5 nitrogen and oxygen atoms in total. The molecule has 1 saturated carbocycles. The summed E-state index contributed by atoms with van der Waals surface area (Å²) in [6.45, 7) is 0.538. The number of likely N-dealkylation sites (tertiary alicyclic amines) is 1. The van der Waals surface area contributed by atoms with E-state index in [2.05, 4.69) is 10.2 Å². The third-order valence-corrected chi connectivity index (χ3v) is 5.82. The third kappa shape index (κ3) is 5.77. The van der Waals surface area contributed by atoms with E-state index in [1.165, 1.54) is 0 Å². The van der Waals surface area contributed by atoms with Gasteiger partial charge in [-0.2, -0.15) is 13.2 Å². The van der Waals surface area contributed by atoms with Crippen LogP contribution in [-0.2, 0) is 0 Å². The molecule has 3 rings (SSSR count). The molecule has 2 fully saturated rings. The van der Waals surface area contributed by atoms with Crippen molar-refractivity contribution in [3.63, 3.8) is 0 Å². The van der Waals surface area contributed by atoms with Crippen LogP contribution >= 0.6 is 0 Å². The van der Waals surface area contributed by atoms with Crippen molar-refractivity contribution < 1.29 is 27.8 Å². The third-order valence-electron chi connectivity index (χ3n) is 5.82. The zero-order chi connectivity index (χ0) is 20.1. The second kappa shape index (κ2) is 9.03. The van der Waals surface area contributed by atoms with Crippen LogP contribution in [0.25, 0.3) is 0 Å². The maximum atomic E-state index is 12.5. The van der Waals surface area contributed by atoms with E-state index in [0.29, 0.717) is 11.8 Å². The van der Waals surface area contributed by atoms with Crippen LogP contribution in [0.4, 0.5) is 18.0 Å². The standard InChI is InChI=1S/C20H27F3N2O3/c21-20(22,23)13-28-18-4-2-1-3-17(18)14-9-11-25(12-10-14)16-7-5-15(6-8-16)24-19(26)27/h1-4,14-16,24H,5-13H2,(H,26,27). The van der Waals surface area contributed by atoms with Gasteiger partial charge in [-0.05, 0) is 69.2 Å². The highest BCUT2D eigenvalue weighted by Gasteiger charge is 2.32. The van der Waals surface area contributed by atoms with E-state index >= 15 is 0 Å². The van der Waals surface area contributed by atoms with Crippen LogP contribution in [0.1, 0.15) is 50.0 Å². The number of piperidine rings is 1. The fraction of sp³-hybridized carbons (Fsp3) is 0.650. The summed E-state index contributed by atoms with van der Waals surface area (Å²) in [5.41, 5.74) is 0.862. The zero-order valence-corrected chi connectivity index (χ0v) is 15.8. The molecule has 0 unspecified atom stereocenters. The second-order valence-corrected chi connectivity index (χ2v) is 7.71. The molecule has 2 aliphatic rings. The molecular weight excluding hydrogens is 373 g/mol. The summed E-state index contributed by atoms with van der Waals surface area (Å²) in [5.74, 6) is 0.532. The molecule has 0 spiro atoms. The van der Waals surface area contributed by atoms with Crippen molar-refractivity contribution in [2.45, 2.75) is 62.7 Å². The zero-order valence-electron chi connectivity index (χ0n) is 15.8. The minimum Gasteiger partial charge on any atom is -0.484 e. The number of carboxylic acid groups (broad SMARTS) is 1. The normalized spacial score (nSPS) is 24.7. The summed E-state index contributed by atoms with van der Waals surface area (Å²) in [6, 6.07) is 7.54. The average Bonchev–Trinajstić information content (AvgIpc) is 2.66. The van der Waals surface area contributed by atoms with Crippen LogP contribution in [-0.4, -0.2) is 54.1 Å². The quantitative estimate of drug-likeness (QED) is 0.770. The first-order valence-corrected chi connectivity index (χ1v) is 9.84. The van der Waals surface area contributed by atoms with Gasteiger partial charge in [-0.1, -0.05) is 18.2 Å². The van der Waals surface area contributed by atoms with Crippen LogP contribution in [0.5, 0.6) is 5.75 Å². The number of amides is 1. The number of ether oxygens (including phenoxy) is 1. The molecule has 1 heterocycles. The lowest BCUT2D eigenvalue weighted by molar-refractivity contribution is -0.153. The van der Waals surface area contributed by atoms with Crippen LogP contribution < -0.4 is 10.1 Å². The summed E-state index contributed by atoms with van der Waals surface area (Å²) in [7, 11) is 0. The lowest BCUT2D eigenvalue weighted by atomic mass is 9.85. The first kappa shape index (κ1) is 20.8. The number of hydrogen-bond donors (Lipinski definition) is 2. The summed E-state index contributed by atoms with van der Waals surface area (Å²) >= 11 is 0. The fourth-order valence-electron chi connectivity index (χ4n) is 4.44. The Morgan fingerprint density at radius 3 is 2.36 bits per heavy atom. The maximum Gasteiger partial charge on any atom is 0.422 e. The van der Waals surface area contributed by atoms with Crippen molar-refractivity contribution in [1.82, 2.24) is 10.2 Å². The molecule has 1 aliphatic carbocycles. The molecule has 28 heavy (non-hydrogen) atoms. The first-order valence-electron chi connectivity index (χ1n) is 9.84. The van der Waals surface area contributed by atoms with Gasteiger partial charge in [0.25, 0.3) is 0 Å². The van der Waals surface area contributed by atoms with Gasteiger partial charge in [-0.15, -0.1) is 0 Å². The molecule has 0 bridgehead atoms. The molecule has 0 radical (unpaired) electrons. The number of rotatable bonds is 5. The number of alkyl halides is 3. The Bertz CT molecular complexity index is 652. The number of carbonyl (C=O) groups is 1. The highest BCUT2D eigenvalue weighted by Crippen LogP contribution is 2.36. The maximum absolute atomic E-state index is 12.5. The first-order chi connectivity index (χ1) is 13.3. The molecule has 8 heteroatoms. The molecule has 0 aromatic heterocycles. The number of benzene rings is 1. The minimum atomic E-state index is -4.34. The van der Waals surface area contributed by atoms with Gasteiger partial charge in [0.15, 0.2) is 6.61 Å². The van der Waals surface area contributed by atoms with E-state index in [0.717, 1.165) is 57.2 Å². The number of nitrogens with zero attached hydrogens (tertiary/aromatic N) is 1. The van der Waals surface area contributed by atoms with Crippen LogP contribution in [0, 0.1) is 0 Å². The van der Waals surface area contributed by atoms with Crippen molar-refractivity contribution >= 4 is 6.09 Å². The molecule has 1 amide bonds. The average molecular weight is 400 g/mol. The van der Waals surface area contributed by atoms with E-state index in [1.807, 2.05) is 12.1 Å². The molecule has 2 N–H and O–H groups in total.